The summed E-state index contributed by atoms with van der Waals surface area (Å²) < 4.78 is 77.0. The number of rotatable bonds is 7. The molecule has 0 fully saturated rings. The second-order valence-corrected chi connectivity index (χ2v) is 8.36. The first-order valence-corrected chi connectivity index (χ1v) is 11.3. The number of amides is 1. The smallest absolute Gasteiger partial charge is 0.433 e. The molecule has 0 aliphatic carbocycles. The van der Waals surface area contributed by atoms with Gasteiger partial charge >= 0.3 is 6.18 Å². The molecule has 0 saturated carbocycles. The highest BCUT2D eigenvalue weighted by Gasteiger charge is 2.33. The number of hydrogen-bond donors (Lipinski definition) is 1. The molecule has 1 heterocycles. The molecule has 2 aromatic carbocycles. The van der Waals surface area contributed by atoms with Gasteiger partial charge in [-0.3, -0.25) is 9.00 Å². The molecule has 11 heteroatoms. The third-order valence-electron chi connectivity index (χ3n) is 4.96. The van der Waals surface area contributed by atoms with Gasteiger partial charge in [0.1, 0.15) is 11.5 Å². The van der Waals surface area contributed by atoms with Crippen molar-refractivity contribution in [3.63, 3.8) is 0 Å². The van der Waals surface area contributed by atoms with E-state index < -0.39 is 34.9 Å². The second-order valence-electron chi connectivity index (χ2n) is 7.38. The standard InChI is InChI=1S/C25H19F4N3O3S/c1-3-17-13-16(14-20(26)24(17)32(2)36(34)35)15-30-22(33)12-10-19-9-11-21(25(27,28)29)31-23(19)18-7-5-4-6-8-18/h1,4-14H,15H2,2H3,(H,30,33)(H,34,35)/p-1. The van der Waals surface area contributed by atoms with Crippen molar-refractivity contribution in [2.45, 2.75) is 12.7 Å². The molecule has 0 bridgehead atoms. The number of carbonyl (C=O) groups excluding carboxylic acids is 1. The van der Waals surface area contributed by atoms with Crippen molar-refractivity contribution in [1.29, 1.82) is 0 Å². The first-order valence-electron chi connectivity index (χ1n) is 10.2. The van der Waals surface area contributed by atoms with Crippen LogP contribution in [-0.2, 0) is 28.8 Å². The molecule has 0 spiro atoms. The summed E-state index contributed by atoms with van der Waals surface area (Å²) in [5, 5.41) is 2.52. The largest absolute Gasteiger partial charge is 0.755 e. The number of halogens is 4. The maximum atomic E-state index is 14.5. The average molecular weight is 516 g/mol. The Labute approximate surface area is 207 Å². The molecular formula is C25H18F4N3O3S-. The zero-order valence-electron chi connectivity index (χ0n) is 18.7. The van der Waals surface area contributed by atoms with E-state index in [0.29, 0.717) is 9.87 Å². The molecule has 36 heavy (non-hydrogen) atoms. The van der Waals surface area contributed by atoms with Gasteiger partial charge in [0, 0.05) is 42.1 Å². The molecule has 1 amide bonds. The number of nitrogens with one attached hydrogen (secondary N) is 1. The van der Waals surface area contributed by atoms with Crippen molar-refractivity contribution in [1.82, 2.24) is 10.3 Å². The molecule has 1 N–H and O–H groups in total. The van der Waals surface area contributed by atoms with Crippen molar-refractivity contribution < 1.29 is 31.1 Å². The highest BCUT2D eigenvalue weighted by Crippen LogP contribution is 2.31. The Bertz CT molecular complexity index is 1370. The molecular weight excluding hydrogens is 498 g/mol. The van der Waals surface area contributed by atoms with Crippen LogP contribution in [0.4, 0.5) is 23.2 Å². The zero-order chi connectivity index (χ0) is 26.5. The fourth-order valence-electron chi connectivity index (χ4n) is 3.26. The summed E-state index contributed by atoms with van der Waals surface area (Å²) in [5.41, 5.74) is -0.353. The number of hydrogen-bond acceptors (Lipinski definition) is 4. The van der Waals surface area contributed by atoms with Gasteiger partial charge in [0.05, 0.1) is 16.9 Å². The molecule has 1 unspecified atom stereocenters. The Morgan fingerprint density at radius 1 is 1.22 bits per heavy atom. The summed E-state index contributed by atoms with van der Waals surface area (Å²) in [4.78, 5) is 16.1. The van der Waals surface area contributed by atoms with E-state index in [1.54, 1.807) is 30.3 Å². The van der Waals surface area contributed by atoms with E-state index in [-0.39, 0.29) is 34.6 Å². The lowest BCUT2D eigenvalue weighted by Gasteiger charge is -2.23. The van der Waals surface area contributed by atoms with Gasteiger partial charge in [0.15, 0.2) is 0 Å². The SMILES string of the molecule is C#Cc1cc(CNC(=O)C=Cc2ccc(C(F)(F)F)nc2-c2ccccc2)cc(F)c1N(C)S(=O)[O-]. The predicted molar refractivity (Wildman–Crippen MR) is 127 cm³/mol. The molecule has 3 rings (SSSR count). The number of nitrogens with zero attached hydrogens (tertiary/aromatic N) is 2. The van der Waals surface area contributed by atoms with Crippen molar-refractivity contribution in [3.05, 3.63) is 88.9 Å². The molecule has 0 saturated heterocycles. The van der Waals surface area contributed by atoms with Crippen LogP contribution in [0.5, 0.6) is 0 Å². The molecule has 0 aliphatic heterocycles. The number of pyridine rings is 1. The molecule has 0 radical (unpaired) electrons. The van der Waals surface area contributed by atoms with Gasteiger partial charge in [0.25, 0.3) is 0 Å². The van der Waals surface area contributed by atoms with E-state index in [4.69, 9.17) is 6.42 Å². The number of alkyl halides is 3. The van der Waals surface area contributed by atoms with Crippen molar-refractivity contribution in [3.8, 4) is 23.6 Å². The highest BCUT2D eigenvalue weighted by atomic mass is 32.2. The average Bonchev–Trinajstić information content (AvgIpc) is 2.85. The summed E-state index contributed by atoms with van der Waals surface area (Å²) in [6, 6.07) is 12.6. The first kappa shape index (κ1) is 26.6. The Morgan fingerprint density at radius 3 is 2.53 bits per heavy atom. The first-order chi connectivity index (χ1) is 17.0. The summed E-state index contributed by atoms with van der Waals surface area (Å²) >= 11 is -2.74. The molecule has 1 atom stereocenters. The van der Waals surface area contributed by atoms with E-state index in [0.717, 1.165) is 25.3 Å². The number of carbonyl (C=O) groups is 1. The third-order valence-corrected chi connectivity index (χ3v) is 5.59. The minimum atomic E-state index is -4.64. The Hall–Kier alpha value is -4.01. The van der Waals surface area contributed by atoms with Crippen molar-refractivity contribution in [2.24, 2.45) is 0 Å². The van der Waals surface area contributed by atoms with E-state index >= 15 is 0 Å². The summed E-state index contributed by atoms with van der Waals surface area (Å²) in [6.07, 6.45) is 3.17. The van der Waals surface area contributed by atoms with Crippen LogP contribution in [0.25, 0.3) is 17.3 Å². The number of aromatic nitrogens is 1. The Balaban J connectivity index is 1.80. The van der Waals surface area contributed by atoms with Crippen LogP contribution in [0.1, 0.15) is 22.4 Å². The van der Waals surface area contributed by atoms with Crippen LogP contribution in [-0.4, -0.2) is 26.7 Å². The fraction of sp³-hybridized carbons (Fsp3) is 0.120. The fourth-order valence-corrected chi connectivity index (χ4v) is 3.60. The van der Waals surface area contributed by atoms with Gasteiger partial charge in [-0.15, -0.1) is 6.42 Å². The van der Waals surface area contributed by atoms with Gasteiger partial charge in [-0.25, -0.2) is 9.37 Å². The third kappa shape index (κ3) is 6.35. The lowest BCUT2D eigenvalue weighted by Crippen LogP contribution is -2.23. The number of benzene rings is 2. The van der Waals surface area contributed by atoms with Gasteiger partial charge in [-0.05, 0) is 29.8 Å². The second kappa shape index (κ2) is 11.2. The quantitative estimate of drug-likeness (QED) is 0.218. The summed E-state index contributed by atoms with van der Waals surface area (Å²) in [7, 11) is 1.13. The van der Waals surface area contributed by atoms with E-state index in [1.165, 1.54) is 18.2 Å². The van der Waals surface area contributed by atoms with Crippen LogP contribution in [0.3, 0.4) is 0 Å². The summed E-state index contributed by atoms with van der Waals surface area (Å²) in [6.45, 7) is -0.143. The van der Waals surface area contributed by atoms with Gasteiger partial charge in [-0.1, -0.05) is 42.3 Å². The van der Waals surface area contributed by atoms with Crippen LogP contribution < -0.4 is 9.62 Å². The van der Waals surface area contributed by atoms with Crippen LogP contribution in [0.15, 0.2) is 60.7 Å². The molecule has 186 valence electrons. The van der Waals surface area contributed by atoms with E-state index in [9.17, 15) is 31.1 Å². The Kier molecular flexibility index (Phi) is 8.24. The zero-order valence-corrected chi connectivity index (χ0v) is 19.5. The van der Waals surface area contributed by atoms with Crippen LogP contribution >= 0.6 is 0 Å². The normalized spacial score (nSPS) is 12.2. The lowest BCUT2D eigenvalue weighted by atomic mass is 10.0. The van der Waals surface area contributed by atoms with Crippen LogP contribution in [0, 0.1) is 18.2 Å². The minimum Gasteiger partial charge on any atom is -0.755 e. The monoisotopic (exact) mass is 516 g/mol. The van der Waals surface area contributed by atoms with Crippen molar-refractivity contribution >= 4 is 28.9 Å². The van der Waals surface area contributed by atoms with E-state index in [2.05, 4.69) is 16.2 Å². The minimum absolute atomic E-state index is 0.0233. The number of terminal acetylenes is 1. The van der Waals surface area contributed by atoms with Gasteiger partial charge < -0.3 is 14.2 Å². The van der Waals surface area contributed by atoms with Crippen LogP contribution in [0.2, 0.25) is 0 Å². The Morgan fingerprint density at radius 2 is 1.92 bits per heavy atom. The summed E-state index contributed by atoms with van der Waals surface area (Å²) in [5.74, 6) is 0.714. The predicted octanol–water partition coefficient (Wildman–Crippen LogP) is 4.45. The molecule has 6 nitrogen and oxygen atoms in total. The van der Waals surface area contributed by atoms with E-state index in [1.807, 2.05) is 0 Å². The van der Waals surface area contributed by atoms with Gasteiger partial charge in [-0.2, -0.15) is 13.2 Å². The maximum absolute atomic E-state index is 14.5. The maximum Gasteiger partial charge on any atom is 0.433 e. The molecule has 3 aromatic rings. The molecule has 1 aromatic heterocycles. The number of anilines is 1. The molecule has 0 aliphatic rings. The highest BCUT2D eigenvalue weighted by molar-refractivity contribution is 7.80. The van der Waals surface area contributed by atoms with Gasteiger partial charge in [0.2, 0.25) is 5.91 Å². The van der Waals surface area contributed by atoms with Crippen molar-refractivity contribution in [2.75, 3.05) is 11.4 Å². The topological polar surface area (TPSA) is 85.4 Å². The lowest BCUT2D eigenvalue weighted by molar-refractivity contribution is -0.141.